The molecule has 1 atom stereocenters. The SMILES string of the molecule is CCNC(C)c1ccc(OC)cc1OCC. The van der Waals surface area contributed by atoms with Crippen molar-refractivity contribution in [2.24, 2.45) is 0 Å². The van der Waals surface area contributed by atoms with Crippen LogP contribution >= 0.6 is 0 Å². The fourth-order valence-electron chi connectivity index (χ4n) is 1.70. The molecule has 1 aromatic rings. The summed E-state index contributed by atoms with van der Waals surface area (Å²) in [6.07, 6.45) is 0. The number of hydrogen-bond acceptors (Lipinski definition) is 3. The third-order valence-corrected chi connectivity index (χ3v) is 2.50. The third-order valence-electron chi connectivity index (χ3n) is 2.50. The highest BCUT2D eigenvalue weighted by molar-refractivity contribution is 5.42. The zero-order chi connectivity index (χ0) is 12.0. The summed E-state index contributed by atoms with van der Waals surface area (Å²) in [6, 6.07) is 6.24. The molecule has 16 heavy (non-hydrogen) atoms. The molecule has 3 heteroatoms. The van der Waals surface area contributed by atoms with Crippen molar-refractivity contribution in [3.63, 3.8) is 0 Å². The highest BCUT2D eigenvalue weighted by atomic mass is 16.5. The normalized spacial score (nSPS) is 12.2. The molecule has 0 heterocycles. The number of ether oxygens (including phenoxy) is 2. The smallest absolute Gasteiger partial charge is 0.127 e. The van der Waals surface area contributed by atoms with Gasteiger partial charge in [-0.3, -0.25) is 0 Å². The van der Waals surface area contributed by atoms with Gasteiger partial charge in [-0.15, -0.1) is 0 Å². The summed E-state index contributed by atoms with van der Waals surface area (Å²) in [5.41, 5.74) is 1.17. The van der Waals surface area contributed by atoms with Crippen LogP contribution < -0.4 is 14.8 Å². The molecule has 0 aliphatic rings. The second-order valence-electron chi connectivity index (χ2n) is 3.62. The Morgan fingerprint density at radius 1 is 1.31 bits per heavy atom. The van der Waals surface area contributed by atoms with Crippen molar-refractivity contribution >= 4 is 0 Å². The van der Waals surface area contributed by atoms with Crippen molar-refractivity contribution in [3.8, 4) is 11.5 Å². The minimum Gasteiger partial charge on any atom is -0.497 e. The van der Waals surface area contributed by atoms with E-state index in [0.29, 0.717) is 6.61 Å². The van der Waals surface area contributed by atoms with Gasteiger partial charge in [-0.1, -0.05) is 13.0 Å². The zero-order valence-electron chi connectivity index (χ0n) is 10.5. The van der Waals surface area contributed by atoms with Crippen LogP contribution in [0.4, 0.5) is 0 Å². The van der Waals surface area contributed by atoms with Crippen LogP contribution in [0, 0.1) is 0 Å². The average Bonchev–Trinajstić information content (AvgIpc) is 2.29. The first-order valence-corrected chi connectivity index (χ1v) is 5.77. The first kappa shape index (κ1) is 12.8. The fourth-order valence-corrected chi connectivity index (χ4v) is 1.70. The second-order valence-corrected chi connectivity index (χ2v) is 3.62. The largest absolute Gasteiger partial charge is 0.497 e. The molecular formula is C13H21NO2. The molecule has 0 spiro atoms. The van der Waals surface area contributed by atoms with Crippen molar-refractivity contribution in [1.82, 2.24) is 5.32 Å². The summed E-state index contributed by atoms with van der Waals surface area (Å²) < 4.78 is 10.8. The Morgan fingerprint density at radius 3 is 2.62 bits per heavy atom. The molecule has 1 unspecified atom stereocenters. The van der Waals surface area contributed by atoms with Crippen LogP contribution in [0.1, 0.15) is 32.4 Å². The third kappa shape index (κ3) is 3.14. The minimum absolute atomic E-state index is 0.289. The van der Waals surface area contributed by atoms with E-state index in [4.69, 9.17) is 9.47 Å². The number of rotatable bonds is 6. The van der Waals surface area contributed by atoms with Crippen LogP contribution in [-0.4, -0.2) is 20.3 Å². The van der Waals surface area contributed by atoms with Gasteiger partial charge in [0.05, 0.1) is 13.7 Å². The first-order valence-electron chi connectivity index (χ1n) is 5.77. The van der Waals surface area contributed by atoms with Gasteiger partial charge < -0.3 is 14.8 Å². The predicted molar refractivity (Wildman–Crippen MR) is 66.3 cm³/mol. The van der Waals surface area contributed by atoms with Gasteiger partial charge in [0.1, 0.15) is 11.5 Å². The summed E-state index contributed by atoms with van der Waals surface area (Å²) in [6.45, 7) is 7.83. The van der Waals surface area contributed by atoms with E-state index in [0.717, 1.165) is 18.0 Å². The van der Waals surface area contributed by atoms with Crippen LogP contribution in [0.5, 0.6) is 11.5 Å². The zero-order valence-corrected chi connectivity index (χ0v) is 10.5. The van der Waals surface area contributed by atoms with E-state index in [9.17, 15) is 0 Å². The van der Waals surface area contributed by atoms with E-state index in [1.54, 1.807) is 7.11 Å². The molecule has 0 fully saturated rings. The number of benzene rings is 1. The molecule has 0 aromatic heterocycles. The topological polar surface area (TPSA) is 30.5 Å². The van der Waals surface area contributed by atoms with Crippen LogP contribution in [0.3, 0.4) is 0 Å². The van der Waals surface area contributed by atoms with Crippen molar-refractivity contribution in [3.05, 3.63) is 23.8 Å². The minimum atomic E-state index is 0.289. The van der Waals surface area contributed by atoms with Crippen LogP contribution in [-0.2, 0) is 0 Å². The molecule has 1 aromatic carbocycles. The van der Waals surface area contributed by atoms with E-state index < -0.39 is 0 Å². The second kappa shape index (κ2) is 6.38. The Balaban J connectivity index is 2.97. The van der Waals surface area contributed by atoms with Crippen LogP contribution in [0.15, 0.2) is 18.2 Å². The Labute approximate surface area is 97.8 Å². The molecule has 0 radical (unpaired) electrons. The standard InChI is InChI=1S/C13H21NO2/c1-5-14-10(3)12-8-7-11(15-4)9-13(12)16-6-2/h7-10,14H,5-6H2,1-4H3. The monoisotopic (exact) mass is 223 g/mol. The Morgan fingerprint density at radius 2 is 2.06 bits per heavy atom. The lowest BCUT2D eigenvalue weighted by Crippen LogP contribution is -2.18. The Bertz CT molecular complexity index is 326. The molecule has 1 N–H and O–H groups in total. The van der Waals surface area contributed by atoms with E-state index in [1.807, 2.05) is 19.1 Å². The molecule has 0 saturated carbocycles. The van der Waals surface area contributed by atoms with Crippen LogP contribution in [0.2, 0.25) is 0 Å². The van der Waals surface area contributed by atoms with Gasteiger partial charge in [0.2, 0.25) is 0 Å². The Hall–Kier alpha value is -1.22. The maximum Gasteiger partial charge on any atom is 0.127 e. The van der Waals surface area contributed by atoms with Crippen molar-refractivity contribution in [2.45, 2.75) is 26.8 Å². The van der Waals surface area contributed by atoms with Gasteiger partial charge in [0.25, 0.3) is 0 Å². The molecule has 0 saturated heterocycles. The molecule has 0 bridgehead atoms. The van der Waals surface area contributed by atoms with E-state index in [2.05, 4.69) is 25.2 Å². The number of methoxy groups -OCH3 is 1. The maximum absolute atomic E-state index is 5.63. The van der Waals surface area contributed by atoms with Crippen molar-refractivity contribution in [1.29, 1.82) is 0 Å². The Kier molecular flexibility index (Phi) is 5.12. The molecule has 0 amide bonds. The summed E-state index contributed by atoms with van der Waals surface area (Å²) in [5, 5.41) is 3.38. The predicted octanol–water partition coefficient (Wildman–Crippen LogP) is 2.76. The molecule has 0 aliphatic heterocycles. The molecule has 90 valence electrons. The first-order chi connectivity index (χ1) is 7.72. The van der Waals surface area contributed by atoms with Gasteiger partial charge in [-0.25, -0.2) is 0 Å². The van der Waals surface area contributed by atoms with Gasteiger partial charge in [0, 0.05) is 17.7 Å². The van der Waals surface area contributed by atoms with E-state index >= 15 is 0 Å². The number of nitrogens with one attached hydrogen (secondary N) is 1. The van der Waals surface area contributed by atoms with E-state index in [1.165, 1.54) is 5.56 Å². The molecule has 1 rings (SSSR count). The average molecular weight is 223 g/mol. The maximum atomic E-state index is 5.63. The highest BCUT2D eigenvalue weighted by Crippen LogP contribution is 2.29. The van der Waals surface area contributed by atoms with Gasteiger partial charge in [-0.05, 0) is 26.5 Å². The van der Waals surface area contributed by atoms with Crippen molar-refractivity contribution in [2.75, 3.05) is 20.3 Å². The van der Waals surface area contributed by atoms with Gasteiger partial charge >= 0.3 is 0 Å². The summed E-state index contributed by atoms with van der Waals surface area (Å²) in [7, 11) is 1.67. The van der Waals surface area contributed by atoms with Crippen LogP contribution in [0.25, 0.3) is 0 Å². The highest BCUT2D eigenvalue weighted by Gasteiger charge is 2.11. The summed E-state index contributed by atoms with van der Waals surface area (Å²) >= 11 is 0. The van der Waals surface area contributed by atoms with Crippen molar-refractivity contribution < 1.29 is 9.47 Å². The summed E-state index contributed by atoms with van der Waals surface area (Å²) in [5.74, 6) is 1.73. The summed E-state index contributed by atoms with van der Waals surface area (Å²) in [4.78, 5) is 0. The molecule has 0 aliphatic carbocycles. The van der Waals surface area contributed by atoms with Gasteiger partial charge in [-0.2, -0.15) is 0 Å². The lowest BCUT2D eigenvalue weighted by Gasteiger charge is -2.17. The number of hydrogen-bond donors (Lipinski definition) is 1. The lowest BCUT2D eigenvalue weighted by molar-refractivity contribution is 0.328. The quantitative estimate of drug-likeness (QED) is 0.804. The molecule has 3 nitrogen and oxygen atoms in total. The van der Waals surface area contributed by atoms with Gasteiger partial charge in [0.15, 0.2) is 0 Å². The lowest BCUT2D eigenvalue weighted by atomic mass is 10.1. The fraction of sp³-hybridized carbons (Fsp3) is 0.538. The molecular weight excluding hydrogens is 202 g/mol. The van der Waals surface area contributed by atoms with E-state index in [-0.39, 0.29) is 6.04 Å².